The van der Waals surface area contributed by atoms with Crippen molar-refractivity contribution in [3.05, 3.63) is 39.6 Å². The molecule has 19 heavy (non-hydrogen) atoms. The molecule has 1 unspecified atom stereocenters. The van der Waals surface area contributed by atoms with Crippen LogP contribution in [0.1, 0.15) is 24.4 Å². The van der Waals surface area contributed by atoms with Gasteiger partial charge in [0.05, 0.1) is 11.6 Å². The van der Waals surface area contributed by atoms with Gasteiger partial charge in [-0.25, -0.2) is 4.68 Å². The first kappa shape index (κ1) is 14.1. The van der Waals surface area contributed by atoms with Gasteiger partial charge in [0.2, 0.25) is 0 Å². The van der Waals surface area contributed by atoms with E-state index in [9.17, 15) is 5.11 Å². The van der Waals surface area contributed by atoms with E-state index in [1.54, 1.807) is 29.9 Å². The van der Waals surface area contributed by atoms with Crippen LogP contribution in [0, 0.1) is 0 Å². The summed E-state index contributed by atoms with van der Waals surface area (Å²) >= 11 is 11.9. The maximum atomic E-state index is 9.22. The van der Waals surface area contributed by atoms with Crippen LogP contribution in [-0.4, -0.2) is 20.1 Å². The molecule has 0 aliphatic rings. The largest absolute Gasteiger partial charge is 0.483 e. The van der Waals surface area contributed by atoms with E-state index in [1.807, 2.05) is 6.92 Å². The minimum Gasteiger partial charge on any atom is -0.483 e. The first-order chi connectivity index (χ1) is 9.02. The zero-order valence-corrected chi connectivity index (χ0v) is 12.0. The fraction of sp³-hybridized carbons (Fsp3) is 0.333. The van der Waals surface area contributed by atoms with Crippen LogP contribution >= 0.6 is 23.2 Å². The zero-order valence-electron chi connectivity index (χ0n) is 10.5. The summed E-state index contributed by atoms with van der Waals surface area (Å²) < 4.78 is 7.33. The predicted octanol–water partition coefficient (Wildman–Crippen LogP) is 2.75. The first-order valence-electron chi connectivity index (χ1n) is 5.64. The molecule has 0 aliphatic carbocycles. The minimum atomic E-state index is -0.346. The lowest BCUT2D eigenvalue weighted by molar-refractivity contribution is 0.209. The highest BCUT2D eigenvalue weighted by atomic mass is 35.5. The first-order valence-corrected chi connectivity index (χ1v) is 6.39. The maximum absolute atomic E-state index is 9.22. The second-order valence-electron chi connectivity index (χ2n) is 4.04. The summed E-state index contributed by atoms with van der Waals surface area (Å²) in [5.41, 5.74) is 1.19. The molecule has 7 heteroatoms. The second-order valence-corrected chi connectivity index (χ2v) is 4.88. The quantitative estimate of drug-likeness (QED) is 0.943. The van der Waals surface area contributed by atoms with E-state index in [-0.39, 0.29) is 12.7 Å². The summed E-state index contributed by atoms with van der Waals surface area (Å²) in [4.78, 5) is 0. The number of hydrogen-bond donors (Lipinski definition) is 1. The summed E-state index contributed by atoms with van der Waals surface area (Å²) in [5.74, 6) is 0.517. The molecule has 1 atom stereocenters. The molecule has 1 aromatic carbocycles. The molecule has 0 saturated heterocycles. The number of hydrogen-bond acceptors (Lipinski definition) is 4. The van der Waals surface area contributed by atoms with Crippen LogP contribution in [-0.2, 0) is 13.7 Å². The van der Waals surface area contributed by atoms with E-state index in [2.05, 4.69) is 10.3 Å². The molecular formula is C12H13Cl2N3O2. The van der Waals surface area contributed by atoms with Gasteiger partial charge < -0.3 is 9.84 Å². The Hall–Kier alpha value is -1.30. The van der Waals surface area contributed by atoms with Crippen molar-refractivity contribution in [3.63, 3.8) is 0 Å². The Labute approximate surface area is 120 Å². The van der Waals surface area contributed by atoms with Gasteiger partial charge in [-0.1, -0.05) is 28.4 Å². The molecule has 0 bridgehead atoms. The van der Waals surface area contributed by atoms with Crippen LogP contribution in [0.15, 0.2) is 18.2 Å². The van der Waals surface area contributed by atoms with E-state index in [1.165, 1.54) is 0 Å². The highest BCUT2D eigenvalue weighted by molar-refractivity contribution is 6.35. The van der Waals surface area contributed by atoms with Crippen LogP contribution in [0.25, 0.3) is 0 Å². The standard InChI is InChI=1S/C12H13Cl2N3O2/c1-7(12-10(6-18)15-16-17(12)2)19-11-4-3-8(13)5-9(11)14/h3-5,7,18H,6H2,1-2H3. The lowest BCUT2D eigenvalue weighted by Gasteiger charge is -2.16. The molecular weight excluding hydrogens is 289 g/mol. The molecule has 1 aromatic heterocycles. The lowest BCUT2D eigenvalue weighted by atomic mass is 10.2. The summed E-state index contributed by atoms with van der Waals surface area (Å²) in [5, 5.41) is 17.9. The van der Waals surface area contributed by atoms with E-state index in [4.69, 9.17) is 27.9 Å². The number of aliphatic hydroxyl groups is 1. The highest BCUT2D eigenvalue weighted by Gasteiger charge is 2.19. The third-order valence-electron chi connectivity index (χ3n) is 2.68. The number of rotatable bonds is 4. The summed E-state index contributed by atoms with van der Waals surface area (Å²) in [6.07, 6.45) is -0.346. The molecule has 0 amide bonds. The molecule has 1 heterocycles. The molecule has 1 N–H and O–H groups in total. The third kappa shape index (κ3) is 3.00. The Morgan fingerprint density at radius 1 is 1.42 bits per heavy atom. The van der Waals surface area contributed by atoms with Crippen LogP contribution in [0.4, 0.5) is 0 Å². The van der Waals surface area contributed by atoms with Crippen LogP contribution in [0.3, 0.4) is 0 Å². The van der Waals surface area contributed by atoms with Crippen molar-refractivity contribution >= 4 is 23.2 Å². The predicted molar refractivity (Wildman–Crippen MR) is 72.4 cm³/mol. The maximum Gasteiger partial charge on any atom is 0.139 e. The van der Waals surface area contributed by atoms with Crippen molar-refractivity contribution in [2.75, 3.05) is 0 Å². The van der Waals surface area contributed by atoms with Gasteiger partial charge in [0, 0.05) is 12.1 Å². The smallest absolute Gasteiger partial charge is 0.139 e. The number of nitrogens with zero attached hydrogens (tertiary/aromatic N) is 3. The second kappa shape index (κ2) is 5.77. The molecule has 0 spiro atoms. The topological polar surface area (TPSA) is 60.2 Å². The average molecular weight is 302 g/mol. The molecule has 5 nitrogen and oxygen atoms in total. The van der Waals surface area contributed by atoms with E-state index in [0.29, 0.717) is 27.2 Å². The number of ether oxygens (including phenoxy) is 1. The van der Waals surface area contributed by atoms with Gasteiger partial charge in [-0.15, -0.1) is 5.10 Å². The van der Waals surface area contributed by atoms with E-state index >= 15 is 0 Å². The van der Waals surface area contributed by atoms with Gasteiger partial charge in [-0.3, -0.25) is 0 Å². The number of halogens is 2. The SMILES string of the molecule is CC(Oc1ccc(Cl)cc1Cl)c1c(CO)nnn1C. The molecule has 2 aromatic rings. The van der Waals surface area contributed by atoms with Crippen molar-refractivity contribution in [1.29, 1.82) is 0 Å². The van der Waals surface area contributed by atoms with Crippen molar-refractivity contribution in [1.82, 2.24) is 15.0 Å². The number of aryl methyl sites for hydroxylation is 1. The van der Waals surface area contributed by atoms with Gasteiger partial charge >= 0.3 is 0 Å². The van der Waals surface area contributed by atoms with Crippen molar-refractivity contribution in [3.8, 4) is 5.75 Å². The highest BCUT2D eigenvalue weighted by Crippen LogP contribution is 2.31. The van der Waals surface area contributed by atoms with Gasteiger partial charge in [-0.05, 0) is 25.1 Å². The van der Waals surface area contributed by atoms with Crippen molar-refractivity contribution in [2.24, 2.45) is 7.05 Å². The van der Waals surface area contributed by atoms with Crippen LogP contribution < -0.4 is 4.74 Å². The Bertz CT molecular complexity index is 586. The average Bonchev–Trinajstić information content (AvgIpc) is 2.74. The zero-order chi connectivity index (χ0) is 14.0. The summed E-state index contributed by atoms with van der Waals surface area (Å²) in [6.45, 7) is 1.65. The van der Waals surface area contributed by atoms with Crippen LogP contribution in [0.2, 0.25) is 10.0 Å². The normalized spacial score (nSPS) is 12.5. The summed E-state index contributed by atoms with van der Waals surface area (Å²) in [7, 11) is 1.74. The van der Waals surface area contributed by atoms with Crippen molar-refractivity contribution in [2.45, 2.75) is 19.6 Å². The molecule has 0 saturated carbocycles. The van der Waals surface area contributed by atoms with E-state index in [0.717, 1.165) is 0 Å². The van der Waals surface area contributed by atoms with Crippen molar-refractivity contribution < 1.29 is 9.84 Å². The Morgan fingerprint density at radius 3 is 2.79 bits per heavy atom. The van der Waals surface area contributed by atoms with Gasteiger partial charge in [0.15, 0.2) is 0 Å². The Morgan fingerprint density at radius 2 is 2.16 bits per heavy atom. The number of benzene rings is 1. The molecule has 0 aliphatic heterocycles. The molecule has 0 fully saturated rings. The fourth-order valence-electron chi connectivity index (χ4n) is 1.83. The molecule has 0 radical (unpaired) electrons. The van der Waals surface area contributed by atoms with Crippen LogP contribution in [0.5, 0.6) is 5.75 Å². The van der Waals surface area contributed by atoms with Gasteiger partial charge in [0.25, 0.3) is 0 Å². The lowest BCUT2D eigenvalue weighted by Crippen LogP contribution is -2.11. The number of aromatic nitrogens is 3. The Kier molecular flexibility index (Phi) is 4.29. The molecule has 2 rings (SSSR count). The minimum absolute atomic E-state index is 0.189. The Balaban J connectivity index is 2.25. The van der Waals surface area contributed by atoms with Gasteiger partial charge in [-0.2, -0.15) is 0 Å². The summed E-state index contributed by atoms with van der Waals surface area (Å²) in [6, 6.07) is 5.01. The molecule has 102 valence electrons. The fourth-order valence-corrected chi connectivity index (χ4v) is 2.29. The number of aliphatic hydroxyl groups excluding tert-OH is 1. The van der Waals surface area contributed by atoms with Gasteiger partial charge in [0.1, 0.15) is 23.2 Å². The van der Waals surface area contributed by atoms with E-state index < -0.39 is 0 Å². The third-order valence-corrected chi connectivity index (χ3v) is 3.21. The monoisotopic (exact) mass is 301 g/mol.